The highest BCUT2D eigenvalue weighted by atomic mass is 32.2. The van der Waals surface area contributed by atoms with Gasteiger partial charge in [-0.15, -0.1) is 0 Å². The molecule has 2 saturated heterocycles. The van der Waals surface area contributed by atoms with Gasteiger partial charge in [-0.3, -0.25) is 4.90 Å². The zero-order valence-electron chi connectivity index (χ0n) is 15.7. The zero-order chi connectivity index (χ0) is 18.9. The number of hydrogen-bond acceptors (Lipinski definition) is 4. The Balaban J connectivity index is 1.69. The maximum Gasteiger partial charge on any atom is 0.410 e. The van der Waals surface area contributed by atoms with Crippen LogP contribution in [0.5, 0.6) is 0 Å². The summed E-state index contributed by atoms with van der Waals surface area (Å²) in [5.74, 6) is 0.371. The average molecular weight is 381 g/mol. The Morgan fingerprint density at radius 1 is 1.19 bits per heavy atom. The van der Waals surface area contributed by atoms with Gasteiger partial charge in [-0.25, -0.2) is 13.2 Å². The van der Waals surface area contributed by atoms with Gasteiger partial charge in [0.25, 0.3) is 0 Å². The van der Waals surface area contributed by atoms with Crippen LogP contribution < -0.4 is 0 Å². The van der Waals surface area contributed by atoms with E-state index in [1.165, 1.54) is 4.31 Å². The van der Waals surface area contributed by atoms with E-state index in [1.807, 2.05) is 24.0 Å². The number of nitrogens with zero attached hydrogens (tertiary/aromatic N) is 2. The third-order valence-electron chi connectivity index (χ3n) is 5.72. The number of carbonyl (C=O) groups is 1. The third kappa shape index (κ3) is 3.60. The van der Waals surface area contributed by atoms with Gasteiger partial charge in [0.05, 0.1) is 10.9 Å². The van der Waals surface area contributed by atoms with Gasteiger partial charge in [0.15, 0.2) is 0 Å². The van der Waals surface area contributed by atoms with Gasteiger partial charge >= 0.3 is 6.09 Å². The molecule has 2 aliphatic rings. The van der Waals surface area contributed by atoms with E-state index >= 15 is 0 Å². The molecule has 0 aromatic heterocycles. The highest BCUT2D eigenvalue weighted by Gasteiger charge is 2.42. The fourth-order valence-electron chi connectivity index (χ4n) is 3.80. The number of rotatable bonds is 5. The largest absolute Gasteiger partial charge is 0.447 e. The lowest BCUT2D eigenvalue weighted by atomic mass is 9.95. The second-order valence-corrected chi connectivity index (χ2v) is 9.32. The minimum absolute atomic E-state index is 0.0495. The molecular weight excluding hydrogens is 352 g/mol. The van der Waals surface area contributed by atoms with Crippen molar-refractivity contribution in [3.8, 4) is 0 Å². The summed E-state index contributed by atoms with van der Waals surface area (Å²) in [6, 6.07) is 7.10. The molecule has 2 heterocycles. The van der Waals surface area contributed by atoms with E-state index in [4.69, 9.17) is 4.74 Å². The summed E-state index contributed by atoms with van der Waals surface area (Å²) in [7, 11) is -3.48. The summed E-state index contributed by atoms with van der Waals surface area (Å²) in [5.41, 5.74) is 1.03. The van der Waals surface area contributed by atoms with Crippen molar-refractivity contribution in [2.45, 2.75) is 57.0 Å². The fraction of sp³-hybridized carbons (Fsp3) is 0.632. The molecule has 6 nitrogen and oxygen atoms in total. The summed E-state index contributed by atoms with van der Waals surface area (Å²) in [6.45, 7) is 7.48. The molecule has 7 heteroatoms. The van der Waals surface area contributed by atoms with Crippen LogP contribution >= 0.6 is 0 Å². The number of aryl methyl sites for hydroxylation is 1. The van der Waals surface area contributed by atoms with Crippen molar-refractivity contribution >= 4 is 16.1 Å². The van der Waals surface area contributed by atoms with E-state index in [9.17, 15) is 13.2 Å². The molecule has 0 N–H and O–H groups in total. The van der Waals surface area contributed by atoms with Crippen LogP contribution in [0.1, 0.15) is 38.7 Å². The highest BCUT2D eigenvalue weighted by Crippen LogP contribution is 2.30. The van der Waals surface area contributed by atoms with Gasteiger partial charge < -0.3 is 4.74 Å². The quantitative estimate of drug-likeness (QED) is 0.787. The lowest BCUT2D eigenvalue weighted by Gasteiger charge is -2.38. The molecule has 144 valence electrons. The molecule has 2 aliphatic heterocycles. The van der Waals surface area contributed by atoms with E-state index in [2.05, 4.69) is 13.8 Å². The molecule has 0 spiro atoms. The molecule has 3 rings (SSSR count). The predicted molar refractivity (Wildman–Crippen MR) is 99.4 cm³/mol. The minimum atomic E-state index is -3.48. The second-order valence-electron chi connectivity index (χ2n) is 7.39. The first-order chi connectivity index (χ1) is 12.3. The summed E-state index contributed by atoms with van der Waals surface area (Å²) in [4.78, 5) is 14.4. The fourth-order valence-corrected chi connectivity index (χ4v) is 5.27. The van der Waals surface area contributed by atoms with Crippen molar-refractivity contribution in [2.24, 2.45) is 5.92 Å². The zero-order valence-corrected chi connectivity index (χ0v) is 16.5. The lowest BCUT2D eigenvalue weighted by Crippen LogP contribution is -2.51. The molecule has 0 aliphatic carbocycles. The van der Waals surface area contributed by atoms with Crippen LogP contribution in [0.4, 0.5) is 4.79 Å². The number of benzene rings is 1. The van der Waals surface area contributed by atoms with E-state index in [1.54, 1.807) is 12.1 Å². The summed E-state index contributed by atoms with van der Waals surface area (Å²) >= 11 is 0. The van der Waals surface area contributed by atoms with E-state index < -0.39 is 10.0 Å². The molecule has 1 amide bonds. The molecular formula is C19H28N2O4S. The Morgan fingerprint density at radius 3 is 2.38 bits per heavy atom. The van der Waals surface area contributed by atoms with Gasteiger partial charge in [-0.05, 0) is 37.8 Å². The van der Waals surface area contributed by atoms with Crippen LogP contribution in [0.15, 0.2) is 29.2 Å². The van der Waals surface area contributed by atoms with E-state index in [-0.39, 0.29) is 18.2 Å². The Morgan fingerprint density at radius 2 is 1.81 bits per heavy atom. The van der Waals surface area contributed by atoms with Gasteiger partial charge in [0.1, 0.15) is 6.61 Å². The van der Waals surface area contributed by atoms with E-state index in [0.29, 0.717) is 43.4 Å². The molecule has 2 unspecified atom stereocenters. The number of ether oxygens (including phenoxy) is 1. The molecule has 1 aromatic carbocycles. The predicted octanol–water partition coefficient (Wildman–Crippen LogP) is 3.02. The lowest BCUT2D eigenvalue weighted by molar-refractivity contribution is 0.114. The van der Waals surface area contributed by atoms with Crippen molar-refractivity contribution in [1.82, 2.24) is 9.21 Å². The Bertz CT molecular complexity index is 739. The molecule has 2 fully saturated rings. The Kier molecular flexibility index (Phi) is 5.58. The molecule has 26 heavy (non-hydrogen) atoms. The van der Waals surface area contributed by atoms with Crippen LogP contribution in [0.3, 0.4) is 0 Å². The number of carbonyl (C=O) groups excluding carboxylic acids is 1. The number of sulfonamides is 1. The van der Waals surface area contributed by atoms with E-state index in [0.717, 1.165) is 12.0 Å². The van der Waals surface area contributed by atoms with Crippen molar-refractivity contribution in [3.05, 3.63) is 29.8 Å². The van der Waals surface area contributed by atoms with Crippen LogP contribution in [-0.2, 0) is 14.8 Å². The van der Waals surface area contributed by atoms with Gasteiger partial charge in [0.2, 0.25) is 10.0 Å². The molecule has 1 aromatic rings. The summed E-state index contributed by atoms with van der Waals surface area (Å²) < 4.78 is 32.5. The highest BCUT2D eigenvalue weighted by molar-refractivity contribution is 7.89. The number of piperidine rings is 1. The van der Waals surface area contributed by atoms with Crippen molar-refractivity contribution < 1.29 is 17.9 Å². The topological polar surface area (TPSA) is 66.9 Å². The molecule has 0 saturated carbocycles. The van der Waals surface area contributed by atoms with Gasteiger partial charge in [0, 0.05) is 19.1 Å². The van der Waals surface area contributed by atoms with Gasteiger partial charge in [-0.1, -0.05) is 38.0 Å². The maximum atomic E-state index is 12.8. The molecule has 2 atom stereocenters. The van der Waals surface area contributed by atoms with Gasteiger partial charge in [-0.2, -0.15) is 4.31 Å². The monoisotopic (exact) mass is 380 g/mol. The first-order valence-corrected chi connectivity index (χ1v) is 10.8. The van der Waals surface area contributed by atoms with Crippen LogP contribution in [0, 0.1) is 12.8 Å². The number of hydrogen-bond donors (Lipinski definition) is 0. The number of amides is 1. The minimum Gasteiger partial charge on any atom is -0.447 e. The van der Waals surface area contributed by atoms with Crippen molar-refractivity contribution in [2.75, 3.05) is 19.7 Å². The summed E-state index contributed by atoms with van der Waals surface area (Å²) in [6.07, 6.45) is 2.02. The first kappa shape index (κ1) is 19.2. The molecule has 0 bridgehead atoms. The smallest absolute Gasteiger partial charge is 0.410 e. The normalized spacial score (nSPS) is 23.9. The summed E-state index contributed by atoms with van der Waals surface area (Å²) in [5, 5.41) is 0. The third-order valence-corrected chi connectivity index (χ3v) is 7.63. The number of cyclic esters (lactones) is 1. The Hall–Kier alpha value is -1.60. The standard InChI is InChI=1S/C19H28N2O4S/c1-4-15(3)18-13-25-19(22)21(18)16-9-11-20(12-10-16)26(23,24)17-7-5-14(2)6-8-17/h5-8,15-16,18H,4,9-13H2,1-3H3. The van der Waals surface area contributed by atoms with Crippen LogP contribution in [0.25, 0.3) is 0 Å². The Labute approximate surface area is 156 Å². The molecule has 0 radical (unpaired) electrons. The SMILES string of the molecule is CCC(C)C1COC(=O)N1C1CCN(S(=O)(=O)c2ccc(C)cc2)CC1. The second kappa shape index (κ2) is 7.56. The van der Waals surface area contributed by atoms with Crippen LogP contribution in [0.2, 0.25) is 0 Å². The average Bonchev–Trinajstić information content (AvgIpc) is 3.03. The maximum absolute atomic E-state index is 12.8. The van der Waals surface area contributed by atoms with Crippen LogP contribution in [-0.4, -0.2) is 55.5 Å². The van der Waals surface area contributed by atoms with Crippen molar-refractivity contribution in [1.29, 1.82) is 0 Å². The van der Waals surface area contributed by atoms with Crippen molar-refractivity contribution in [3.63, 3.8) is 0 Å². The first-order valence-electron chi connectivity index (χ1n) is 9.36.